The predicted octanol–water partition coefficient (Wildman–Crippen LogP) is 7.31. The molecule has 0 aliphatic carbocycles. The van der Waals surface area contributed by atoms with Crippen LogP contribution in [-0.4, -0.2) is 15.9 Å². The fourth-order valence-corrected chi connectivity index (χ4v) is 3.86. The van der Waals surface area contributed by atoms with E-state index < -0.39 is 5.97 Å². The number of esters is 1. The van der Waals surface area contributed by atoms with Crippen LogP contribution in [0, 0.1) is 0 Å². The summed E-state index contributed by atoms with van der Waals surface area (Å²) in [7, 11) is 0. The Morgan fingerprint density at radius 2 is 1.24 bits per heavy atom. The fourth-order valence-electron chi connectivity index (χ4n) is 3.86. The lowest BCUT2D eigenvalue weighted by atomic mass is 10.0. The number of carbonyl (C=O) groups excluding carboxylic acids is 1. The third kappa shape index (κ3) is 4.44. The van der Waals surface area contributed by atoms with Crippen molar-refractivity contribution in [2.45, 2.75) is 19.8 Å². The molecule has 34 heavy (non-hydrogen) atoms. The molecular formula is C30H24N2O2. The summed E-state index contributed by atoms with van der Waals surface area (Å²) in [5.41, 5.74) is 6.52. The van der Waals surface area contributed by atoms with Crippen molar-refractivity contribution in [1.29, 1.82) is 0 Å². The molecule has 4 heteroatoms. The van der Waals surface area contributed by atoms with Gasteiger partial charge >= 0.3 is 5.97 Å². The van der Waals surface area contributed by atoms with Gasteiger partial charge in [0.05, 0.1) is 28.0 Å². The Labute approximate surface area is 198 Å². The summed E-state index contributed by atoms with van der Waals surface area (Å²) in [5.74, 6) is 0.516. The van der Waals surface area contributed by atoms with Crippen LogP contribution >= 0.6 is 0 Å². The van der Waals surface area contributed by atoms with E-state index in [-0.39, 0.29) is 0 Å². The molecule has 1 aromatic heterocycles. The minimum Gasteiger partial charge on any atom is -0.423 e. The molecule has 5 aromatic rings. The highest BCUT2D eigenvalue weighted by Crippen LogP contribution is 2.31. The van der Waals surface area contributed by atoms with Crippen molar-refractivity contribution in [2.24, 2.45) is 0 Å². The van der Waals surface area contributed by atoms with E-state index in [1.807, 2.05) is 91.0 Å². The predicted molar refractivity (Wildman–Crippen MR) is 136 cm³/mol. The number of hydrogen-bond donors (Lipinski definition) is 0. The van der Waals surface area contributed by atoms with Crippen molar-refractivity contribution in [3.8, 4) is 28.3 Å². The molecule has 0 fully saturated rings. The van der Waals surface area contributed by atoms with Crippen LogP contribution in [0.3, 0.4) is 0 Å². The molecule has 0 unspecified atom stereocenters. The van der Waals surface area contributed by atoms with Crippen molar-refractivity contribution in [3.05, 3.63) is 114 Å². The average molecular weight is 445 g/mol. The molecule has 4 aromatic carbocycles. The van der Waals surface area contributed by atoms with Gasteiger partial charge in [-0.1, -0.05) is 86.6 Å². The summed E-state index contributed by atoms with van der Waals surface area (Å²) in [6.07, 6.45) is 0. The van der Waals surface area contributed by atoms with Crippen molar-refractivity contribution in [2.75, 3.05) is 0 Å². The summed E-state index contributed by atoms with van der Waals surface area (Å²) in [6, 6.07) is 32.9. The van der Waals surface area contributed by atoms with Crippen LogP contribution in [0.4, 0.5) is 0 Å². The normalized spacial score (nSPS) is 11.0. The Bertz CT molecular complexity index is 1440. The van der Waals surface area contributed by atoms with Crippen molar-refractivity contribution in [3.63, 3.8) is 0 Å². The van der Waals surface area contributed by atoms with E-state index in [0.29, 0.717) is 22.7 Å². The number of fused-ring (bicyclic) bond motifs is 1. The van der Waals surface area contributed by atoms with Gasteiger partial charge in [0.1, 0.15) is 5.75 Å². The van der Waals surface area contributed by atoms with Crippen LogP contribution in [0.5, 0.6) is 5.75 Å². The second-order valence-corrected chi connectivity index (χ2v) is 8.47. The van der Waals surface area contributed by atoms with E-state index in [2.05, 4.69) is 13.8 Å². The largest absolute Gasteiger partial charge is 0.423 e. The minimum absolute atomic E-state index is 0.420. The number of carbonyl (C=O) groups is 1. The maximum absolute atomic E-state index is 12.8. The van der Waals surface area contributed by atoms with Crippen LogP contribution in [0.25, 0.3) is 33.5 Å². The lowest BCUT2D eigenvalue weighted by Crippen LogP contribution is -2.09. The Balaban J connectivity index is 1.53. The number of benzene rings is 4. The second-order valence-electron chi connectivity index (χ2n) is 8.47. The first-order chi connectivity index (χ1) is 16.6. The van der Waals surface area contributed by atoms with Gasteiger partial charge in [0.25, 0.3) is 0 Å². The van der Waals surface area contributed by atoms with E-state index in [0.717, 1.165) is 28.0 Å². The van der Waals surface area contributed by atoms with E-state index in [1.54, 1.807) is 12.1 Å². The number of nitrogens with zero attached hydrogens (tertiary/aromatic N) is 2. The van der Waals surface area contributed by atoms with Crippen molar-refractivity contribution >= 4 is 17.0 Å². The fraction of sp³-hybridized carbons (Fsp3) is 0.100. The van der Waals surface area contributed by atoms with Crippen LogP contribution in [0.2, 0.25) is 0 Å². The van der Waals surface area contributed by atoms with E-state index >= 15 is 0 Å². The molecule has 0 atom stereocenters. The van der Waals surface area contributed by atoms with Crippen molar-refractivity contribution in [1.82, 2.24) is 9.97 Å². The summed E-state index contributed by atoms with van der Waals surface area (Å²) in [6.45, 7) is 4.26. The van der Waals surface area contributed by atoms with Gasteiger partial charge in [0.15, 0.2) is 0 Å². The summed E-state index contributed by atoms with van der Waals surface area (Å²) >= 11 is 0. The summed E-state index contributed by atoms with van der Waals surface area (Å²) < 4.78 is 5.60. The highest BCUT2D eigenvalue weighted by Gasteiger charge is 2.15. The molecule has 0 radical (unpaired) electrons. The highest BCUT2D eigenvalue weighted by atomic mass is 16.5. The lowest BCUT2D eigenvalue weighted by molar-refractivity contribution is 0.0735. The SMILES string of the molecule is CC(C)c1ccc(OC(=O)c2ccc3nc(-c4ccccc4)c(-c4ccccc4)nc3c2)cc1. The molecule has 4 nitrogen and oxygen atoms in total. The second kappa shape index (κ2) is 9.28. The van der Waals surface area contributed by atoms with Crippen LogP contribution < -0.4 is 4.74 Å². The third-order valence-electron chi connectivity index (χ3n) is 5.75. The van der Waals surface area contributed by atoms with E-state index in [1.165, 1.54) is 5.56 Å². The molecule has 0 amide bonds. The Morgan fingerprint density at radius 3 is 1.79 bits per heavy atom. The molecule has 166 valence electrons. The van der Waals surface area contributed by atoms with Gasteiger partial charge in [0.2, 0.25) is 0 Å². The van der Waals surface area contributed by atoms with Crippen LogP contribution in [0.1, 0.15) is 35.7 Å². The molecule has 0 aliphatic heterocycles. The summed E-state index contributed by atoms with van der Waals surface area (Å²) in [5, 5.41) is 0. The van der Waals surface area contributed by atoms with E-state index in [4.69, 9.17) is 14.7 Å². The smallest absolute Gasteiger partial charge is 0.343 e. The molecule has 0 saturated carbocycles. The number of hydrogen-bond acceptors (Lipinski definition) is 4. The van der Waals surface area contributed by atoms with Gasteiger partial charge < -0.3 is 4.74 Å². The number of rotatable bonds is 5. The van der Waals surface area contributed by atoms with Gasteiger partial charge in [-0.05, 0) is 41.8 Å². The Hall–Kier alpha value is -4.31. The number of ether oxygens (including phenoxy) is 1. The minimum atomic E-state index is -0.422. The average Bonchev–Trinajstić information content (AvgIpc) is 2.89. The maximum Gasteiger partial charge on any atom is 0.343 e. The first-order valence-electron chi connectivity index (χ1n) is 11.3. The molecule has 0 aliphatic rings. The third-order valence-corrected chi connectivity index (χ3v) is 5.75. The highest BCUT2D eigenvalue weighted by molar-refractivity contribution is 5.96. The molecular weight excluding hydrogens is 420 g/mol. The van der Waals surface area contributed by atoms with Crippen LogP contribution in [-0.2, 0) is 0 Å². The topological polar surface area (TPSA) is 52.1 Å². The van der Waals surface area contributed by atoms with E-state index in [9.17, 15) is 4.79 Å². The Morgan fingerprint density at radius 1 is 0.676 bits per heavy atom. The standard InChI is InChI=1S/C30H24N2O2/c1-20(2)21-13-16-25(17-14-21)34-30(33)24-15-18-26-27(19-24)32-29(23-11-7-4-8-12-23)28(31-26)22-9-5-3-6-10-22/h3-20H,1-2H3. The zero-order chi connectivity index (χ0) is 23.5. The lowest BCUT2D eigenvalue weighted by Gasteiger charge is -2.11. The zero-order valence-electron chi connectivity index (χ0n) is 19.1. The number of aromatic nitrogens is 2. The molecule has 0 spiro atoms. The quantitative estimate of drug-likeness (QED) is 0.211. The monoisotopic (exact) mass is 444 g/mol. The first-order valence-corrected chi connectivity index (χ1v) is 11.3. The molecule has 0 saturated heterocycles. The Kier molecular flexibility index (Phi) is 5.88. The molecule has 1 heterocycles. The maximum atomic E-state index is 12.8. The first kappa shape index (κ1) is 21.5. The van der Waals surface area contributed by atoms with Gasteiger partial charge in [-0.25, -0.2) is 14.8 Å². The van der Waals surface area contributed by atoms with Gasteiger partial charge in [-0.15, -0.1) is 0 Å². The van der Waals surface area contributed by atoms with Gasteiger partial charge in [-0.2, -0.15) is 0 Å². The molecule has 5 rings (SSSR count). The molecule has 0 bridgehead atoms. The molecule has 0 N–H and O–H groups in total. The van der Waals surface area contributed by atoms with Crippen molar-refractivity contribution < 1.29 is 9.53 Å². The zero-order valence-corrected chi connectivity index (χ0v) is 19.1. The van der Waals surface area contributed by atoms with Gasteiger partial charge in [0, 0.05) is 11.1 Å². The van der Waals surface area contributed by atoms with Gasteiger partial charge in [-0.3, -0.25) is 0 Å². The van der Waals surface area contributed by atoms with Crippen LogP contribution in [0.15, 0.2) is 103 Å². The summed E-state index contributed by atoms with van der Waals surface area (Å²) in [4.78, 5) is 22.7.